The van der Waals surface area contributed by atoms with E-state index in [1.165, 1.54) is 12.1 Å². The molecule has 2 aromatic rings. The topological polar surface area (TPSA) is 58.2 Å². The van der Waals surface area contributed by atoms with E-state index in [2.05, 4.69) is 10.6 Å². The Bertz CT molecular complexity index is 741. The Morgan fingerprint density at radius 2 is 1.91 bits per heavy atom. The second-order valence-electron chi connectivity index (χ2n) is 5.58. The van der Waals surface area contributed by atoms with E-state index in [9.17, 15) is 14.0 Å². The van der Waals surface area contributed by atoms with Gasteiger partial charge in [-0.3, -0.25) is 9.59 Å². The predicted molar refractivity (Wildman–Crippen MR) is 85.6 cm³/mol. The van der Waals surface area contributed by atoms with Crippen LogP contribution in [-0.2, 0) is 17.8 Å². The summed E-state index contributed by atoms with van der Waals surface area (Å²) in [4.78, 5) is 23.8. The van der Waals surface area contributed by atoms with E-state index in [1.54, 1.807) is 24.3 Å². The van der Waals surface area contributed by atoms with Crippen LogP contribution < -0.4 is 10.6 Å². The fourth-order valence-corrected chi connectivity index (χ4v) is 2.60. The number of fused-ring (bicyclic) bond motifs is 1. The summed E-state index contributed by atoms with van der Waals surface area (Å²) in [5.41, 5.74) is 3.15. The van der Waals surface area contributed by atoms with Crippen LogP contribution in [0.4, 0.5) is 10.1 Å². The average molecular weight is 312 g/mol. The molecular formula is C18H17FN2O2. The highest BCUT2D eigenvalue weighted by molar-refractivity contribution is 5.97. The molecule has 118 valence electrons. The van der Waals surface area contributed by atoms with E-state index in [4.69, 9.17) is 0 Å². The van der Waals surface area contributed by atoms with Gasteiger partial charge in [-0.2, -0.15) is 0 Å². The van der Waals surface area contributed by atoms with E-state index in [0.29, 0.717) is 18.5 Å². The third-order valence-electron chi connectivity index (χ3n) is 3.86. The van der Waals surface area contributed by atoms with Crippen LogP contribution in [0.5, 0.6) is 0 Å². The summed E-state index contributed by atoms with van der Waals surface area (Å²) in [6.45, 7) is 0.340. The second kappa shape index (κ2) is 6.60. The van der Waals surface area contributed by atoms with Crippen molar-refractivity contribution in [2.75, 3.05) is 5.32 Å². The zero-order valence-electron chi connectivity index (χ0n) is 12.6. The van der Waals surface area contributed by atoms with Gasteiger partial charge in [0.05, 0.1) is 0 Å². The molecule has 23 heavy (non-hydrogen) atoms. The minimum atomic E-state index is -0.298. The van der Waals surface area contributed by atoms with Gasteiger partial charge in [0.25, 0.3) is 5.91 Å². The highest BCUT2D eigenvalue weighted by atomic mass is 19.1. The first kappa shape index (κ1) is 15.2. The largest absolute Gasteiger partial charge is 0.348 e. The van der Waals surface area contributed by atoms with Gasteiger partial charge >= 0.3 is 0 Å². The van der Waals surface area contributed by atoms with Crippen molar-refractivity contribution >= 4 is 17.5 Å². The Kier molecular flexibility index (Phi) is 4.37. The minimum absolute atomic E-state index is 0.0114. The molecular weight excluding hydrogens is 295 g/mol. The van der Waals surface area contributed by atoms with E-state index in [0.717, 1.165) is 29.7 Å². The number of halogens is 1. The maximum Gasteiger partial charge on any atom is 0.251 e. The molecule has 1 aliphatic heterocycles. The van der Waals surface area contributed by atoms with Gasteiger partial charge in [-0.15, -0.1) is 0 Å². The fraction of sp³-hybridized carbons (Fsp3) is 0.222. The molecule has 0 radical (unpaired) electrons. The number of hydrogen-bond donors (Lipinski definition) is 2. The number of amides is 2. The Hall–Kier alpha value is -2.69. The van der Waals surface area contributed by atoms with E-state index >= 15 is 0 Å². The van der Waals surface area contributed by atoms with Crippen LogP contribution in [-0.4, -0.2) is 11.8 Å². The lowest BCUT2D eigenvalue weighted by molar-refractivity contribution is -0.116. The van der Waals surface area contributed by atoms with Gasteiger partial charge in [0, 0.05) is 24.2 Å². The van der Waals surface area contributed by atoms with Crippen LogP contribution in [0, 0.1) is 5.82 Å². The third kappa shape index (κ3) is 3.74. The predicted octanol–water partition coefficient (Wildman–Crippen LogP) is 3.03. The highest BCUT2D eigenvalue weighted by Crippen LogP contribution is 2.23. The number of hydrogen-bond acceptors (Lipinski definition) is 2. The quantitative estimate of drug-likeness (QED) is 0.915. The summed E-state index contributed by atoms with van der Waals surface area (Å²) < 4.78 is 12.9. The molecule has 2 aromatic carbocycles. The molecule has 0 bridgehead atoms. The number of nitrogens with one attached hydrogen (secondary N) is 2. The average Bonchev–Trinajstić information content (AvgIpc) is 2.74. The number of carbonyl (C=O) groups is 2. The van der Waals surface area contributed by atoms with Crippen molar-refractivity contribution in [3.8, 4) is 0 Å². The molecule has 4 nitrogen and oxygen atoms in total. The SMILES string of the molecule is O=C1CCCc2cc(C(=O)NCc3ccc(F)cc3)ccc2N1. The fourth-order valence-electron chi connectivity index (χ4n) is 2.60. The van der Waals surface area contributed by atoms with Crippen molar-refractivity contribution in [3.05, 3.63) is 65.0 Å². The Balaban J connectivity index is 1.69. The van der Waals surface area contributed by atoms with Gasteiger partial charge in [-0.25, -0.2) is 4.39 Å². The Morgan fingerprint density at radius 1 is 1.13 bits per heavy atom. The maximum atomic E-state index is 12.9. The molecule has 2 amide bonds. The second-order valence-corrected chi connectivity index (χ2v) is 5.58. The van der Waals surface area contributed by atoms with Crippen LogP contribution >= 0.6 is 0 Å². The Labute approximate surface area is 133 Å². The van der Waals surface area contributed by atoms with Crippen LogP contribution in [0.3, 0.4) is 0 Å². The molecule has 0 atom stereocenters. The van der Waals surface area contributed by atoms with Gasteiger partial charge in [0.2, 0.25) is 5.91 Å². The minimum Gasteiger partial charge on any atom is -0.348 e. The van der Waals surface area contributed by atoms with Crippen LogP contribution in [0.15, 0.2) is 42.5 Å². The lowest BCUT2D eigenvalue weighted by atomic mass is 10.0. The van der Waals surface area contributed by atoms with Crippen LogP contribution in [0.25, 0.3) is 0 Å². The number of carbonyl (C=O) groups excluding carboxylic acids is 2. The van der Waals surface area contributed by atoms with Gasteiger partial charge in [0.15, 0.2) is 0 Å². The molecule has 3 rings (SSSR count). The number of anilines is 1. The van der Waals surface area contributed by atoms with Crippen molar-refractivity contribution in [2.45, 2.75) is 25.8 Å². The molecule has 0 fully saturated rings. The molecule has 0 aliphatic carbocycles. The molecule has 0 saturated carbocycles. The first-order valence-electron chi connectivity index (χ1n) is 7.57. The summed E-state index contributed by atoms with van der Waals surface area (Å²) >= 11 is 0. The third-order valence-corrected chi connectivity index (χ3v) is 3.86. The molecule has 0 unspecified atom stereocenters. The monoisotopic (exact) mass is 312 g/mol. The lowest BCUT2D eigenvalue weighted by Crippen LogP contribution is -2.23. The van der Waals surface area contributed by atoms with Crippen molar-refractivity contribution < 1.29 is 14.0 Å². The van der Waals surface area contributed by atoms with Crippen LogP contribution in [0.1, 0.15) is 34.3 Å². The van der Waals surface area contributed by atoms with Gasteiger partial charge in [-0.1, -0.05) is 12.1 Å². The zero-order valence-corrected chi connectivity index (χ0v) is 12.6. The lowest BCUT2D eigenvalue weighted by Gasteiger charge is -2.10. The number of aryl methyl sites for hydroxylation is 1. The van der Waals surface area contributed by atoms with Crippen molar-refractivity contribution in [2.24, 2.45) is 0 Å². The van der Waals surface area contributed by atoms with Crippen molar-refractivity contribution in [1.82, 2.24) is 5.32 Å². The summed E-state index contributed by atoms with van der Waals surface area (Å²) in [6, 6.07) is 11.3. The molecule has 0 spiro atoms. The van der Waals surface area contributed by atoms with Crippen molar-refractivity contribution in [3.63, 3.8) is 0 Å². The van der Waals surface area contributed by atoms with E-state index in [1.807, 2.05) is 6.07 Å². The molecule has 0 aromatic heterocycles. The van der Waals surface area contributed by atoms with E-state index < -0.39 is 0 Å². The summed E-state index contributed by atoms with van der Waals surface area (Å²) in [5.74, 6) is -0.474. The standard InChI is InChI=1S/C18H17FN2O2/c19-15-7-4-12(5-8-15)11-20-18(23)14-6-9-16-13(10-14)2-1-3-17(22)21-16/h4-10H,1-3,11H2,(H,20,23)(H,21,22). The Morgan fingerprint density at radius 3 is 2.70 bits per heavy atom. The summed E-state index contributed by atoms with van der Waals surface area (Å²) in [6.07, 6.45) is 2.05. The molecule has 5 heteroatoms. The first-order valence-corrected chi connectivity index (χ1v) is 7.57. The smallest absolute Gasteiger partial charge is 0.251 e. The molecule has 1 heterocycles. The van der Waals surface area contributed by atoms with Gasteiger partial charge in [0.1, 0.15) is 5.82 Å². The zero-order chi connectivity index (χ0) is 16.2. The molecule has 0 saturated heterocycles. The maximum absolute atomic E-state index is 12.9. The highest BCUT2D eigenvalue weighted by Gasteiger charge is 2.15. The van der Waals surface area contributed by atoms with Gasteiger partial charge < -0.3 is 10.6 Å². The normalized spacial score (nSPS) is 13.7. The number of benzene rings is 2. The molecule has 1 aliphatic rings. The van der Waals surface area contributed by atoms with Crippen LogP contribution in [0.2, 0.25) is 0 Å². The molecule has 2 N–H and O–H groups in total. The first-order chi connectivity index (χ1) is 11.1. The number of rotatable bonds is 3. The summed E-state index contributed by atoms with van der Waals surface area (Å²) in [5, 5.41) is 5.66. The summed E-state index contributed by atoms with van der Waals surface area (Å²) in [7, 11) is 0. The van der Waals surface area contributed by atoms with E-state index in [-0.39, 0.29) is 17.6 Å². The van der Waals surface area contributed by atoms with Gasteiger partial charge in [-0.05, 0) is 54.3 Å². The van der Waals surface area contributed by atoms with Crippen molar-refractivity contribution in [1.29, 1.82) is 0 Å².